The Kier molecular flexibility index (Phi) is 6.34. The number of aliphatic imine (C=N–C) groups is 1. The van der Waals surface area contributed by atoms with Gasteiger partial charge in [-0.2, -0.15) is 0 Å². The summed E-state index contributed by atoms with van der Waals surface area (Å²) in [5.41, 5.74) is 2.54. The summed E-state index contributed by atoms with van der Waals surface area (Å²) in [6, 6.07) is 8.77. The highest BCUT2D eigenvalue weighted by molar-refractivity contribution is 5.79. The summed E-state index contributed by atoms with van der Waals surface area (Å²) in [4.78, 5) is 8.84. The Hall–Kier alpha value is -2.01. The highest BCUT2D eigenvalue weighted by Gasteiger charge is 2.21. The number of benzene rings is 1. The number of anilines is 1. The molecule has 3 rings (SSSR count). The fraction of sp³-hybridized carbons (Fsp3) is 0.550. The molecular formula is C20H30N4O. The van der Waals surface area contributed by atoms with E-state index < -0.39 is 0 Å². The lowest BCUT2D eigenvalue weighted by molar-refractivity contribution is 0.115. The number of nitrogens with one attached hydrogen (secondary N) is 1. The topological polar surface area (TPSA) is 40.1 Å². The van der Waals surface area contributed by atoms with Crippen LogP contribution in [-0.2, 0) is 11.3 Å². The van der Waals surface area contributed by atoms with Crippen molar-refractivity contribution in [3.63, 3.8) is 0 Å². The second kappa shape index (κ2) is 8.90. The molecule has 1 aliphatic carbocycles. The molecule has 0 bridgehead atoms. The molecule has 0 radical (unpaired) electrons. The lowest BCUT2D eigenvalue weighted by atomic mass is 10.2. The number of hydrogen-bond donors (Lipinski definition) is 1. The molecule has 1 saturated carbocycles. The maximum atomic E-state index is 5.71. The van der Waals surface area contributed by atoms with E-state index in [4.69, 9.17) is 4.74 Å². The Labute approximate surface area is 151 Å². The van der Waals surface area contributed by atoms with Gasteiger partial charge in [-0.1, -0.05) is 24.3 Å². The number of hydrogen-bond acceptors (Lipinski definition) is 3. The van der Waals surface area contributed by atoms with Gasteiger partial charge in [-0.05, 0) is 36.5 Å². The van der Waals surface area contributed by atoms with Crippen molar-refractivity contribution in [3.8, 4) is 0 Å². The van der Waals surface area contributed by atoms with E-state index in [2.05, 4.69) is 63.6 Å². The fourth-order valence-electron chi connectivity index (χ4n) is 2.92. The van der Waals surface area contributed by atoms with E-state index in [9.17, 15) is 0 Å². The highest BCUT2D eigenvalue weighted by atomic mass is 16.5. The third-order valence-electron chi connectivity index (χ3n) is 4.77. The normalized spacial score (nSPS) is 17.2. The molecule has 1 aliphatic heterocycles. The minimum atomic E-state index is 0.756. The molecule has 25 heavy (non-hydrogen) atoms. The molecule has 5 heteroatoms. The van der Waals surface area contributed by atoms with Gasteiger partial charge < -0.3 is 19.9 Å². The number of likely N-dealkylation sites (N-methyl/N-ethyl adjacent to an activating group) is 1. The van der Waals surface area contributed by atoms with E-state index in [1.165, 1.54) is 24.1 Å². The molecule has 1 N–H and O–H groups in total. The van der Waals surface area contributed by atoms with Gasteiger partial charge in [0.15, 0.2) is 5.96 Å². The van der Waals surface area contributed by atoms with Gasteiger partial charge in [0.1, 0.15) is 0 Å². The first-order valence-electron chi connectivity index (χ1n) is 9.24. The van der Waals surface area contributed by atoms with Crippen molar-refractivity contribution in [1.82, 2.24) is 10.2 Å². The minimum absolute atomic E-state index is 0.756. The van der Waals surface area contributed by atoms with Crippen molar-refractivity contribution in [2.24, 2.45) is 10.9 Å². The van der Waals surface area contributed by atoms with Crippen LogP contribution in [0.4, 0.5) is 5.69 Å². The third kappa shape index (κ3) is 5.49. The minimum Gasteiger partial charge on any atom is -0.379 e. The first kappa shape index (κ1) is 17.8. The molecule has 1 aromatic carbocycles. The number of ether oxygens (including phenoxy) is 1. The van der Waals surface area contributed by atoms with Crippen LogP contribution < -0.4 is 10.2 Å². The second-order valence-electron chi connectivity index (χ2n) is 6.88. The predicted molar refractivity (Wildman–Crippen MR) is 104 cm³/mol. The van der Waals surface area contributed by atoms with Crippen molar-refractivity contribution in [2.75, 3.05) is 51.8 Å². The lowest BCUT2D eigenvalue weighted by Gasteiger charge is -2.22. The highest BCUT2D eigenvalue weighted by Crippen LogP contribution is 2.28. The Morgan fingerprint density at radius 1 is 1.24 bits per heavy atom. The van der Waals surface area contributed by atoms with Gasteiger partial charge in [-0.15, -0.1) is 0 Å². The van der Waals surface area contributed by atoms with Crippen LogP contribution in [0.5, 0.6) is 0 Å². The van der Waals surface area contributed by atoms with Crippen molar-refractivity contribution >= 4 is 11.6 Å². The zero-order chi connectivity index (χ0) is 17.5. The first-order valence-corrected chi connectivity index (χ1v) is 9.24. The molecule has 0 unspecified atom stereocenters. The Bertz CT molecular complexity index is 584. The molecule has 1 aromatic rings. The summed E-state index contributed by atoms with van der Waals surface area (Å²) in [5, 5.41) is 3.43. The molecule has 1 heterocycles. The van der Waals surface area contributed by atoms with Crippen LogP contribution in [-0.4, -0.2) is 57.8 Å². The molecule has 136 valence electrons. The number of rotatable bonds is 8. The number of guanidine groups is 1. The summed E-state index contributed by atoms with van der Waals surface area (Å²) < 4.78 is 5.71. The number of nitrogens with zero attached hydrogens (tertiary/aromatic N) is 3. The van der Waals surface area contributed by atoms with Crippen molar-refractivity contribution in [3.05, 3.63) is 42.0 Å². The molecule has 1 fully saturated rings. The van der Waals surface area contributed by atoms with Crippen molar-refractivity contribution < 1.29 is 4.74 Å². The van der Waals surface area contributed by atoms with Crippen LogP contribution in [0.2, 0.25) is 0 Å². The van der Waals surface area contributed by atoms with Gasteiger partial charge in [0.2, 0.25) is 0 Å². The van der Waals surface area contributed by atoms with Gasteiger partial charge in [0.25, 0.3) is 0 Å². The monoisotopic (exact) mass is 342 g/mol. The third-order valence-corrected chi connectivity index (χ3v) is 4.77. The van der Waals surface area contributed by atoms with Gasteiger partial charge in [0.05, 0.1) is 6.61 Å². The van der Waals surface area contributed by atoms with Crippen LogP contribution in [0.1, 0.15) is 18.4 Å². The van der Waals surface area contributed by atoms with Crippen LogP contribution >= 0.6 is 0 Å². The van der Waals surface area contributed by atoms with Gasteiger partial charge in [-0.3, -0.25) is 4.99 Å². The van der Waals surface area contributed by atoms with Crippen molar-refractivity contribution in [1.29, 1.82) is 0 Å². The quantitative estimate of drug-likeness (QED) is 0.341. The maximum Gasteiger partial charge on any atom is 0.193 e. The summed E-state index contributed by atoms with van der Waals surface area (Å²) in [5.74, 6) is 1.73. The van der Waals surface area contributed by atoms with E-state index in [1.807, 2.05) is 7.05 Å². The predicted octanol–water partition coefficient (Wildman–Crippen LogP) is 2.50. The molecule has 0 aromatic heterocycles. The average Bonchev–Trinajstić information content (AvgIpc) is 3.30. The van der Waals surface area contributed by atoms with Crippen LogP contribution in [0.3, 0.4) is 0 Å². The smallest absolute Gasteiger partial charge is 0.193 e. The summed E-state index contributed by atoms with van der Waals surface area (Å²) >= 11 is 0. The standard InChI is InChI=1S/C20H30N4O/c1-21-20(23(2)13-14-25-16-18-5-6-18)22-15-17-7-9-19(10-8-17)24-11-3-4-12-24/h3-4,7-10,18H,5-6,11-16H2,1-2H3,(H,21,22). The Morgan fingerprint density at radius 3 is 2.60 bits per heavy atom. The summed E-state index contributed by atoms with van der Waals surface area (Å²) in [7, 11) is 3.88. The van der Waals surface area contributed by atoms with E-state index >= 15 is 0 Å². The fourth-order valence-corrected chi connectivity index (χ4v) is 2.92. The van der Waals surface area contributed by atoms with E-state index in [0.717, 1.165) is 51.3 Å². The lowest BCUT2D eigenvalue weighted by Crippen LogP contribution is -2.40. The Balaban J connectivity index is 1.40. The zero-order valence-corrected chi connectivity index (χ0v) is 15.4. The van der Waals surface area contributed by atoms with Crippen LogP contribution in [0.15, 0.2) is 41.4 Å². The van der Waals surface area contributed by atoms with Gasteiger partial charge in [-0.25, -0.2) is 0 Å². The molecule has 0 amide bonds. The van der Waals surface area contributed by atoms with Gasteiger partial charge in [0, 0.05) is 52.6 Å². The second-order valence-corrected chi connectivity index (χ2v) is 6.88. The SMILES string of the molecule is CN=C(NCc1ccc(N2CC=CC2)cc1)N(C)CCOCC1CC1. The molecule has 0 atom stereocenters. The summed E-state index contributed by atoms with van der Waals surface area (Å²) in [6.07, 6.45) is 7.10. The summed E-state index contributed by atoms with van der Waals surface area (Å²) in [6.45, 7) is 5.33. The Morgan fingerprint density at radius 2 is 1.96 bits per heavy atom. The maximum absolute atomic E-state index is 5.71. The van der Waals surface area contributed by atoms with Crippen LogP contribution in [0, 0.1) is 5.92 Å². The molecular weight excluding hydrogens is 312 g/mol. The van der Waals surface area contributed by atoms with E-state index in [1.54, 1.807) is 0 Å². The van der Waals surface area contributed by atoms with E-state index in [0.29, 0.717) is 0 Å². The van der Waals surface area contributed by atoms with Crippen molar-refractivity contribution in [2.45, 2.75) is 19.4 Å². The molecule has 2 aliphatic rings. The van der Waals surface area contributed by atoms with Crippen LogP contribution in [0.25, 0.3) is 0 Å². The zero-order valence-electron chi connectivity index (χ0n) is 15.4. The van der Waals surface area contributed by atoms with Gasteiger partial charge >= 0.3 is 0 Å². The van der Waals surface area contributed by atoms with E-state index in [-0.39, 0.29) is 0 Å². The average molecular weight is 342 g/mol. The first-order chi connectivity index (χ1) is 12.3. The molecule has 0 saturated heterocycles. The largest absolute Gasteiger partial charge is 0.379 e. The molecule has 5 nitrogen and oxygen atoms in total. The molecule has 0 spiro atoms.